The number of halogens is 1. The second kappa shape index (κ2) is 13.9. The van der Waals surface area contributed by atoms with Gasteiger partial charge in [0.2, 0.25) is 21.8 Å². The first-order chi connectivity index (χ1) is 21.5. The Labute approximate surface area is 270 Å². The average molecular weight is 676 g/mol. The van der Waals surface area contributed by atoms with Gasteiger partial charge in [0.05, 0.1) is 44.5 Å². The first-order valence-electron chi connectivity index (χ1n) is 14.3. The SMILES string of the molecule is COc1cccc(OC)c1-n1c(-c2ccco2)nnc1N(CCS(C)(C)C)S(=O)(=O)CCc1ncc(Cl)cc1C1=CCOCC1. The number of hydrogen-bond acceptors (Lipinski definition) is 9. The predicted octanol–water partition coefficient (Wildman–Crippen LogP) is 5.47. The number of furan rings is 1. The summed E-state index contributed by atoms with van der Waals surface area (Å²) in [5.41, 5.74) is 2.99. The number of benzene rings is 1. The highest BCUT2D eigenvalue weighted by molar-refractivity contribution is 8.32. The zero-order valence-electron chi connectivity index (χ0n) is 26.0. The molecule has 1 aliphatic rings. The Balaban J connectivity index is 1.62. The van der Waals surface area contributed by atoms with Gasteiger partial charge in [-0.05, 0) is 66.8 Å². The number of sulfonamides is 1. The van der Waals surface area contributed by atoms with Crippen LogP contribution in [0.25, 0.3) is 22.8 Å². The number of hydrogen-bond donors (Lipinski definition) is 0. The number of nitrogens with zero attached hydrogens (tertiary/aromatic N) is 5. The van der Waals surface area contributed by atoms with Crippen LogP contribution >= 0.6 is 21.6 Å². The van der Waals surface area contributed by atoms with Crippen molar-refractivity contribution in [3.63, 3.8) is 0 Å². The molecule has 0 bridgehead atoms. The molecule has 0 N–H and O–H groups in total. The second-order valence-electron chi connectivity index (χ2n) is 11.3. The molecule has 0 aliphatic carbocycles. The third-order valence-corrected chi connectivity index (χ3v) is 10.7. The summed E-state index contributed by atoms with van der Waals surface area (Å²) in [6.45, 7) is 1.26. The summed E-state index contributed by atoms with van der Waals surface area (Å²) in [4.78, 5) is 4.55. The van der Waals surface area contributed by atoms with Crippen molar-refractivity contribution < 1.29 is 27.0 Å². The largest absolute Gasteiger partial charge is 0.494 e. The third kappa shape index (κ3) is 7.49. The summed E-state index contributed by atoms with van der Waals surface area (Å²) in [5.74, 6) is 2.11. The Morgan fingerprint density at radius 2 is 1.80 bits per heavy atom. The molecule has 5 rings (SSSR count). The van der Waals surface area contributed by atoms with Gasteiger partial charge in [-0.3, -0.25) is 9.55 Å². The lowest BCUT2D eigenvalue weighted by molar-refractivity contribution is 0.161. The Bertz CT molecular complexity index is 1740. The van der Waals surface area contributed by atoms with Gasteiger partial charge in [-0.15, -0.1) is 10.2 Å². The molecule has 0 atom stereocenters. The molecule has 11 nitrogen and oxygen atoms in total. The van der Waals surface area contributed by atoms with Gasteiger partial charge in [0.25, 0.3) is 0 Å². The number of aromatic nitrogens is 4. The van der Waals surface area contributed by atoms with Gasteiger partial charge >= 0.3 is 0 Å². The lowest BCUT2D eigenvalue weighted by Gasteiger charge is -2.30. The summed E-state index contributed by atoms with van der Waals surface area (Å²) in [7, 11) is -2.01. The van der Waals surface area contributed by atoms with E-state index >= 15 is 0 Å². The number of aryl methyl sites for hydroxylation is 1. The van der Waals surface area contributed by atoms with Crippen LogP contribution in [0.4, 0.5) is 5.95 Å². The summed E-state index contributed by atoms with van der Waals surface area (Å²) in [6, 6.07) is 10.6. The molecule has 4 heterocycles. The first-order valence-corrected chi connectivity index (χ1v) is 19.3. The van der Waals surface area contributed by atoms with Gasteiger partial charge in [-0.25, -0.2) is 22.8 Å². The number of rotatable bonds is 13. The minimum absolute atomic E-state index is 0.101. The molecule has 0 radical (unpaired) electrons. The highest BCUT2D eigenvalue weighted by Gasteiger charge is 2.33. The molecule has 14 heteroatoms. The van der Waals surface area contributed by atoms with Gasteiger partial charge in [0, 0.05) is 30.4 Å². The van der Waals surface area contributed by atoms with Crippen LogP contribution in [0.15, 0.2) is 59.4 Å². The van der Waals surface area contributed by atoms with Crippen LogP contribution in [0.5, 0.6) is 11.5 Å². The smallest absolute Gasteiger partial charge is 0.246 e. The third-order valence-electron chi connectivity index (χ3n) is 7.32. The van der Waals surface area contributed by atoms with E-state index in [1.807, 2.05) is 12.1 Å². The molecular weight excluding hydrogens is 638 g/mol. The van der Waals surface area contributed by atoms with E-state index < -0.39 is 20.1 Å². The maximum atomic E-state index is 14.4. The molecule has 242 valence electrons. The highest BCUT2D eigenvalue weighted by atomic mass is 35.5. The summed E-state index contributed by atoms with van der Waals surface area (Å²) in [6.07, 6.45) is 12.4. The summed E-state index contributed by atoms with van der Waals surface area (Å²) < 4.78 is 54.5. The molecule has 4 aromatic rings. The minimum Gasteiger partial charge on any atom is -0.494 e. The van der Waals surface area contributed by atoms with E-state index in [0.717, 1.165) is 11.1 Å². The van der Waals surface area contributed by atoms with Crippen molar-refractivity contribution in [3.05, 3.63) is 71.2 Å². The molecule has 1 aromatic carbocycles. The molecule has 0 spiro atoms. The quantitative estimate of drug-likeness (QED) is 0.182. The fourth-order valence-corrected chi connectivity index (χ4v) is 7.45. The maximum Gasteiger partial charge on any atom is 0.246 e. The monoisotopic (exact) mass is 675 g/mol. The van der Waals surface area contributed by atoms with Crippen LogP contribution in [0.1, 0.15) is 17.7 Å². The zero-order chi connectivity index (χ0) is 32.2. The van der Waals surface area contributed by atoms with E-state index in [0.29, 0.717) is 64.9 Å². The van der Waals surface area contributed by atoms with Crippen molar-refractivity contribution in [2.45, 2.75) is 12.8 Å². The number of ether oxygens (including phenoxy) is 3. The van der Waals surface area contributed by atoms with E-state index in [4.69, 9.17) is 30.2 Å². The lowest BCUT2D eigenvalue weighted by atomic mass is 9.99. The van der Waals surface area contributed by atoms with Crippen LogP contribution in [-0.4, -0.2) is 92.4 Å². The molecule has 45 heavy (non-hydrogen) atoms. The Kier molecular flexibility index (Phi) is 10.1. The number of pyridine rings is 1. The maximum absolute atomic E-state index is 14.4. The average Bonchev–Trinajstić information content (AvgIpc) is 3.70. The predicted molar refractivity (Wildman–Crippen MR) is 180 cm³/mol. The van der Waals surface area contributed by atoms with E-state index in [1.54, 1.807) is 41.1 Å². The fourth-order valence-electron chi connectivity index (χ4n) is 5.03. The van der Waals surface area contributed by atoms with E-state index in [1.165, 1.54) is 24.8 Å². The topological polar surface area (TPSA) is 122 Å². The Hall–Kier alpha value is -3.52. The normalized spacial score (nSPS) is 14.2. The van der Waals surface area contributed by atoms with Gasteiger partial charge in [-0.2, -0.15) is 0 Å². The molecule has 0 saturated carbocycles. The van der Waals surface area contributed by atoms with Gasteiger partial charge in [0.15, 0.2) is 5.76 Å². The molecule has 0 unspecified atom stereocenters. The number of methoxy groups -OCH3 is 2. The first kappa shape index (κ1) is 32.9. The van der Waals surface area contributed by atoms with Gasteiger partial charge in [-0.1, -0.05) is 23.7 Å². The van der Waals surface area contributed by atoms with Crippen molar-refractivity contribution in [3.8, 4) is 28.8 Å². The molecule has 1 aliphatic heterocycles. The minimum atomic E-state index is -3.98. The van der Waals surface area contributed by atoms with Crippen molar-refractivity contribution in [2.24, 2.45) is 0 Å². The van der Waals surface area contributed by atoms with E-state index in [2.05, 4.69) is 33.9 Å². The zero-order valence-corrected chi connectivity index (χ0v) is 28.4. The van der Waals surface area contributed by atoms with Crippen molar-refractivity contribution in [2.75, 3.05) is 68.6 Å². The molecular formula is C31H38ClN5O6S2. The van der Waals surface area contributed by atoms with Crippen LogP contribution in [0, 0.1) is 0 Å². The molecule has 0 amide bonds. The van der Waals surface area contributed by atoms with E-state index in [9.17, 15) is 8.42 Å². The fraction of sp³-hybridized carbons (Fsp3) is 0.387. The molecule has 0 saturated heterocycles. The van der Waals surface area contributed by atoms with Crippen molar-refractivity contribution in [1.29, 1.82) is 0 Å². The highest BCUT2D eigenvalue weighted by Crippen LogP contribution is 2.40. The standard InChI is InChI=1S/C31H38ClN5O6S2/c1-40-26-8-6-9-27(41-2)29(26)37-30(28-10-7-15-43-28)34-35-31(37)36(14-19-44(3,4)5)45(38,39)18-13-25-24(20-23(32)21-33-25)22-11-16-42-17-12-22/h6-11,15,20-21H,12-14,16-19H2,1-5H3. The summed E-state index contributed by atoms with van der Waals surface area (Å²) in [5, 5.41) is 9.39. The summed E-state index contributed by atoms with van der Waals surface area (Å²) >= 11 is 6.32. The van der Waals surface area contributed by atoms with E-state index in [-0.39, 0.29) is 24.7 Å². The molecule has 0 fully saturated rings. The van der Waals surface area contributed by atoms with Crippen LogP contribution in [0.2, 0.25) is 5.02 Å². The number of anilines is 1. The van der Waals surface area contributed by atoms with Crippen LogP contribution in [0.3, 0.4) is 0 Å². The number of para-hydroxylation sites is 1. The van der Waals surface area contributed by atoms with Crippen LogP contribution in [-0.2, 0) is 21.2 Å². The van der Waals surface area contributed by atoms with Crippen molar-refractivity contribution >= 4 is 43.2 Å². The Morgan fingerprint density at radius 1 is 1.04 bits per heavy atom. The molecule has 3 aromatic heterocycles. The van der Waals surface area contributed by atoms with Crippen LogP contribution < -0.4 is 13.8 Å². The Morgan fingerprint density at radius 3 is 2.42 bits per heavy atom. The van der Waals surface area contributed by atoms with Gasteiger partial charge in [0.1, 0.15) is 17.2 Å². The lowest BCUT2D eigenvalue weighted by Crippen LogP contribution is -2.38. The second-order valence-corrected chi connectivity index (χ2v) is 18.3. The van der Waals surface area contributed by atoms with Gasteiger partial charge < -0.3 is 18.6 Å². The van der Waals surface area contributed by atoms with Crippen molar-refractivity contribution in [1.82, 2.24) is 19.7 Å².